The number of amides is 1. The second kappa shape index (κ2) is 6.66. The molecule has 1 aliphatic heterocycles. The fourth-order valence-corrected chi connectivity index (χ4v) is 2.38. The van der Waals surface area contributed by atoms with Gasteiger partial charge < -0.3 is 9.64 Å². The van der Waals surface area contributed by atoms with E-state index in [-0.39, 0.29) is 6.09 Å². The topological polar surface area (TPSA) is 78.3 Å². The minimum atomic E-state index is -0.446. The first-order valence-electron chi connectivity index (χ1n) is 6.82. The van der Waals surface area contributed by atoms with E-state index in [0.717, 1.165) is 25.9 Å². The van der Waals surface area contributed by atoms with Gasteiger partial charge in [-0.25, -0.2) is 4.79 Å². The normalized spacial score (nSPS) is 23.7. The van der Waals surface area contributed by atoms with E-state index in [0.29, 0.717) is 18.4 Å². The lowest BCUT2D eigenvalue weighted by atomic mass is 9.84. The third-order valence-corrected chi connectivity index (χ3v) is 3.40. The number of likely N-dealkylation sites (tertiary alicyclic amines) is 1. The van der Waals surface area contributed by atoms with E-state index in [9.17, 15) is 4.79 Å². The monoisotopic (exact) mass is 268 g/mol. The highest BCUT2D eigenvalue weighted by atomic mass is 16.6. The van der Waals surface area contributed by atoms with Gasteiger partial charge in [0.15, 0.2) is 0 Å². The van der Waals surface area contributed by atoms with E-state index in [1.54, 1.807) is 4.90 Å². The van der Waals surface area contributed by atoms with Crippen molar-refractivity contribution < 1.29 is 9.53 Å². The molecule has 1 heterocycles. The SMILES string of the molecule is CC1CN(C(=O)OC(C)(C)C)CCC1CCN=[N+]=[N-]. The summed E-state index contributed by atoms with van der Waals surface area (Å²) in [7, 11) is 0. The first-order chi connectivity index (χ1) is 8.83. The molecule has 0 bridgehead atoms. The Labute approximate surface area is 114 Å². The maximum Gasteiger partial charge on any atom is 0.410 e. The van der Waals surface area contributed by atoms with Gasteiger partial charge in [0.05, 0.1) is 0 Å². The van der Waals surface area contributed by atoms with E-state index < -0.39 is 5.60 Å². The van der Waals surface area contributed by atoms with Crippen molar-refractivity contribution in [2.45, 2.75) is 46.1 Å². The van der Waals surface area contributed by atoms with Gasteiger partial charge in [0.25, 0.3) is 0 Å². The van der Waals surface area contributed by atoms with Gasteiger partial charge in [0, 0.05) is 24.5 Å². The van der Waals surface area contributed by atoms with Gasteiger partial charge >= 0.3 is 6.09 Å². The van der Waals surface area contributed by atoms with Crippen LogP contribution in [0.4, 0.5) is 4.79 Å². The Morgan fingerprint density at radius 3 is 2.74 bits per heavy atom. The Balaban J connectivity index is 2.44. The van der Waals surface area contributed by atoms with E-state index in [2.05, 4.69) is 16.9 Å². The molecule has 0 spiro atoms. The molecule has 1 amide bonds. The van der Waals surface area contributed by atoms with E-state index in [1.165, 1.54) is 0 Å². The number of azide groups is 1. The Kier molecular flexibility index (Phi) is 5.48. The van der Waals surface area contributed by atoms with Crippen LogP contribution in [0.15, 0.2) is 5.11 Å². The third kappa shape index (κ3) is 5.39. The van der Waals surface area contributed by atoms with Crippen molar-refractivity contribution in [2.75, 3.05) is 19.6 Å². The number of hydrogen-bond donors (Lipinski definition) is 0. The van der Waals surface area contributed by atoms with Crippen molar-refractivity contribution >= 4 is 6.09 Å². The zero-order chi connectivity index (χ0) is 14.5. The Morgan fingerprint density at radius 1 is 1.53 bits per heavy atom. The molecule has 0 radical (unpaired) electrons. The lowest BCUT2D eigenvalue weighted by Gasteiger charge is -2.37. The van der Waals surface area contributed by atoms with Crippen molar-refractivity contribution in [1.29, 1.82) is 0 Å². The molecule has 1 saturated heterocycles. The lowest BCUT2D eigenvalue weighted by Crippen LogP contribution is -2.45. The van der Waals surface area contributed by atoms with Gasteiger partial charge in [0.1, 0.15) is 5.60 Å². The molecular weight excluding hydrogens is 244 g/mol. The molecule has 0 saturated carbocycles. The van der Waals surface area contributed by atoms with Crippen LogP contribution >= 0.6 is 0 Å². The summed E-state index contributed by atoms with van der Waals surface area (Å²) in [6.07, 6.45) is 1.61. The standard InChI is InChI=1S/C13H24N4O2/c1-10-9-17(12(18)19-13(2,3)4)8-6-11(10)5-7-15-16-14/h10-11H,5-9H2,1-4H3. The van der Waals surface area contributed by atoms with Crippen molar-refractivity contribution in [3.8, 4) is 0 Å². The average molecular weight is 268 g/mol. The molecule has 1 rings (SSSR count). The molecule has 1 fully saturated rings. The number of ether oxygens (including phenoxy) is 1. The molecule has 2 unspecified atom stereocenters. The summed E-state index contributed by atoms with van der Waals surface area (Å²) in [5.74, 6) is 0.930. The Morgan fingerprint density at radius 2 is 2.21 bits per heavy atom. The number of rotatable bonds is 3. The van der Waals surface area contributed by atoms with E-state index in [1.807, 2.05) is 20.8 Å². The Bertz CT molecular complexity index is 358. The predicted octanol–water partition coefficient (Wildman–Crippen LogP) is 3.58. The van der Waals surface area contributed by atoms with Gasteiger partial charge in [-0.2, -0.15) is 0 Å². The average Bonchev–Trinajstić information content (AvgIpc) is 2.29. The summed E-state index contributed by atoms with van der Waals surface area (Å²) < 4.78 is 5.38. The molecule has 6 nitrogen and oxygen atoms in total. The van der Waals surface area contributed by atoms with Crippen LogP contribution in [-0.2, 0) is 4.74 Å². The summed E-state index contributed by atoms with van der Waals surface area (Å²) in [5.41, 5.74) is 7.83. The van der Waals surface area contributed by atoms with Gasteiger partial charge in [-0.1, -0.05) is 12.0 Å². The number of carbonyl (C=O) groups excluding carboxylic acids is 1. The van der Waals surface area contributed by atoms with Crippen LogP contribution < -0.4 is 0 Å². The zero-order valence-electron chi connectivity index (χ0n) is 12.3. The molecule has 19 heavy (non-hydrogen) atoms. The number of piperidine rings is 1. The summed E-state index contributed by atoms with van der Waals surface area (Å²) in [6, 6.07) is 0. The maximum atomic E-state index is 12.0. The van der Waals surface area contributed by atoms with Crippen LogP contribution in [0.5, 0.6) is 0 Å². The van der Waals surface area contributed by atoms with E-state index in [4.69, 9.17) is 10.3 Å². The van der Waals surface area contributed by atoms with Crippen LogP contribution in [0.2, 0.25) is 0 Å². The molecular formula is C13H24N4O2. The molecule has 1 aliphatic rings. The molecule has 6 heteroatoms. The van der Waals surface area contributed by atoms with Crippen LogP contribution in [0, 0.1) is 11.8 Å². The second-order valence-corrected chi connectivity index (χ2v) is 6.20. The van der Waals surface area contributed by atoms with Crippen molar-refractivity contribution in [1.82, 2.24) is 4.90 Å². The van der Waals surface area contributed by atoms with Crippen LogP contribution in [-0.4, -0.2) is 36.2 Å². The molecule has 2 atom stereocenters. The number of nitrogens with zero attached hydrogens (tertiary/aromatic N) is 4. The molecule has 0 aliphatic carbocycles. The van der Waals surface area contributed by atoms with Gasteiger partial charge in [-0.15, -0.1) is 0 Å². The zero-order valence-corrected chi connectivity index (χ0v) is 12.3. The maximum absolute atomic E-state index is 12.0. The number of hydrogen-bond acceptors (Lipinski definition) is 3. The van der Waals surface area contributed by atoms with Gasteiger partial charge in [0.2, 0.25) is 0 Å². The van der Waals surface area contributed by atoms with Gasteiger partial charge in [-0.3, -0.25) is 0 Å². The van der Waals surface area contributed by atoms with Crippen LogP contribution in [0.1, 0.15) is 40.5 Å². The van der Waals surface area contributed by atoms with Gasteiger partial charge in [-0.05, 0) is 51.0 Å². The largest absolute Gasteiger partial charge is 0.444 e. The number of carbonyl (C=O) groups is 1. The highest BCUT2D eigenvalue weighted by molar-refractivity contribution is 5.68. The summed E-state index contributed by atoms with van der Waals surface area (Å²) in [6.45, 7) is 9.74. The summed E-state index contributed by atoms with van der Waals surface area (Å²) in [4.78, 5) is 16.5. The smallest absolute Gasteiger partial charge is 0.410 e. The third-order valence-electron chi connectivity index (χ3n) is 3.40. The molecule has 108 valence electrons. The minimum absolute atomic E-state index is 0.229. The highest BCUT2D eigenvalue weighted by Gasteiger charge is 2.30. The predicted molar refractivity (Wildman–Crippen MR) is 73.7 cm³/mol. The first kappa shape index (κ1) is 15.6. The lowest BCUT2D eigenvalue weighted by molar-refractivity contribution is 0.0113. The molecule has 0 N–H and O–H groups in total. The van der Waals surface area contributed by atoms with E-state index >= 15 is 0 Å². The quantitative estimate of drug-likeness (QED) is 0.445. The molecule has 0 aromatic carbocycles. The minimum Gasteiger partial charge on any atom is -0.444 e. The highest BCUT2D eigenvalue weighted by Crippen LogP contribution is 2.27. The fraction of sp³-hybridized carbons (Fsp3) is 0.923. The van der Waals surface area contributed by atoms with Crippen molar-refractivity contribution in [3.05, 3.63) is 10.4 Å². The Hall–Kier alpha value is -1.42. The van der Waals surface area contributed by atoms with Crippen LogP contribution in [0.25, 0.3) is 10.4 Å². The van der Waals surface area contributed by atoms with Crippen molar-refractivity contribution in [2.24, 2.45) is 17.0 Å². The second-order valence-electron chi connectivity index (χ2n) is 6.20. The van der Waals surface area contributed by atoms with Crippen molar-refractivity contribution in [3.63, 3.8) is 0 Å². The fourth-order valence-electron chi connectivity index (χ4n) is 2.38. The molecule has 0 aromatic heterocycles. The van der Waals surface area contributed by atoms with Crippen LogP contribution in [0.3, 0.4) is 0 Å². The summed E-state index contributed by atoms with van der Waals surface area (Å²) in [5, 5.41) is 3.58. The molecule has 0 aromatic rings. The summed E-state index contributed by atoms with van der Waals surface area (Å²) >= 11 is 0. The first-order valence-corrected chi connectivity index (χ1v) is 6.82.